The molecule has 2 nitrogen and oxygen atoms in total. The maximum absolute atomic E-state index is 5.77. The molecule has 0 bridgehead atoms. The van der Waals surface area contributed by atoms with E-state index in [-0.39, 0.29) is 6.04 Å². The SMILES string of the molecule is CCN1CC=C(C(C)N)CC1. The minimum absolute atomic E-state index is 0.258. The average Bonchev–Trinajstić information content (AvgIpc) is 2.05. The Labute approximate surface area is 69.1 Å². The zero-order valence-corrected chi connectivity index (χ0v) is 7.51. The Morgan fingerprint density at radius 3 is 2.82 bits per heavy atom. The van der Waals surface area contributed by atoms with Crippen LogP contribution in [0.5, 0.6) is 0 Å². The Morgan fingerprint density at radius 2 is 2.45 bits per heavy atom. The fraction of sp³-hybridized carbons (Fsp3) is 0.778. The van der Waals surface area contributed by atoms with Crippen LogP contribution >= 0.6 is 0 Å². The third-order valence-corrected chi connectivity index (χ3v) is 2.36. The molecule has 1 rings (SSSR count). The van der Waals surface area contributed by atoms with Crippen LogP contribution in [0.15, 0.2) is 11.6 Å². The van der Waals surface area contributed by atoms with Crippen LogP contribution < -0.4 is 5.73 Å². The van der Waals surface area contributed by atoms with E-state index in [9.17, 15) is 0 Å². The number of nitrogens with two attached hydrogens (primary N) is 1. The summed E-state index contributed by atoms with van der Waals surface area (Å²) in [6, 6.07) is 0.258. The van der Waals surface area contributed by atoms with E-state index in [1.807, 2.05) is 0 Å². The van der Waals surface area contributed by atoms with Gasteiger partial charge in [0.1, 0.15) is 0 Å². The fourth-order valence-electron chi connectivity index (χ4n) is 1.43. The smallest absolute Gasteiger partial charge is 0.0225 e. The van der Waals surface area contributed by atoms with E-state index in [0.29, 0.717) is 0 Å². The summed E-state index contributed by atoms with van der Waals surface area (Å²) in [6.45, 7) is 7.69. The molecule has 1 atom stereocenters. The fourth-order valence-corrected chi connectivity index (χ4v) is 1.43. The van der Waals surface area contributed by atoms with Gasteiger partial charge >= 0.3 is 0 Å². The van der Waals surface area contributed by atoms with E-state index >= 15 is 0 Å². The Balaban J connectivity index is 2.44. The first kappa shape index (κ1) is 8.75. The predicted molar refractivity (Wildman–Crippen MR) is 48.5 cm³/mol. The summed E-state index contributed by atoms with van der Waals surface area (Å²) < 4.78 is 0. The molecular formula is C9H18N2. The molecule has 0 aliphatic carbocycles. The lowest BCUT2D eigenvalue weighted by Crippen LogP contribution is -2.32. The van der Waals surface area contributed by atoms with Gasteiger partial charge in [0.2, 0.25) is 0 Å². The Bertz CT molecular complexity index is 150. The second-order valence-corrected chi connectivity index (χ2v) is 3.21. The number of hydrogen-bond donors (Lipinski definition) is 1. The highest BCUT2D eigenvalue weighted by Crippen LogP contribution is 2.12. The zero-order valence-electron chi connectivity index (χ0n) is 7.51. The van der Waals surface area contributed by atoms with E-state index in [1.165, 1.54) is 12.1 Å². The number of rotatable bonds is 2. The van der Waals surface area contributed by atoms with Crippen molar-refractivity contribution in [3.8, 4) is 0 Å². The summed E-state index contributed by atoms with van der Waals surface area (Å²) in [6.07, 6.45) is 3.43. The van der Waals surface area contributed by atoms with Gasteiger partial charge in [0.25, 0.3) is 0 Å². The molecule has 0 aromatic heterocycles. The van der Waals surface area contributed by atoms with Crippen molar-refractivity contribution in [3.63, 3.8) is 0 Å². The Hall–Kier alpha value is -0.340. The van der Waals surface area contributed by atoms with Gasteiger partial charge in [-0.2, -0.15) is 0 Å². The van der Waals surface area contributed by atoms with Gasteiger partial charge < -0.3 is 5.73 Å². The number of likely N-dealkylation sites (N-methyl/N-ethyl adjacent to an activating group) is 1. The molecule has 1 heterocycles. The minimum atomic E-state index is 0.258. The first-order valence-corrected chi connectivity index (χ1v) is 4.41. The van der Waals surface area contributed by atoms with Gasteiger partial charge in [-0.05, 0) is 19.9 Å². The van der Waals surface area contributed by atoms with E-state index in [2.05, 4.69) is 24.8 Å². The van der Waals surface area contributed by atoms with E-state index in [4.69, 9.17) is 5.73 Å². The molecule has 2 N–H and O–H groups in total. The second-order valence-electron chi connectivity index (χ2n) is 3.21. The summed E-state index contributed by atoms with van der Waals surface area (Å²) in [5.41, 5.74) is 7.19. The summed E-state index contributed by atoms with van der Waals surface area (Å²) in [5, 5.41) is 0. The molecule has 2 heteroatoms. The zero-order chi connectivity index (χ0) is 8.27. The lowest BCUT2D eigenvalue weighted by molar-refractivity contribution is 0.306. The molecule has 0 saturated carbocycles. The topological polar surface area (TPSA) is 29.3 Å². The third-order valence-electron chi connectivity index (χ3n) is 2.36. The molecule has 64 valence electrons. The van der Waals surface area contributed by atoms with Gasteiger partial charge in [-0.25, -0.2) is 0 Å². The van der Waals surface area contributed by atoms with Crippen LogP contribution in [0.2, 0.25) is 0 Å². The molecular weight excluding hydrogens is 136 g/mol. The molecule has 0 fully saturated rings. The monoisotopic (exact) mass is 154 g/mol. The van der Waals surface area contributed by atoms with Gasteiger partial charge in [0.15, 0.2) is 0 Å². The summed E-state index contributed by atoms with van der Waals surface area (Å²) >= 11 is 0. The van der Waals surface area contributed by atoms with E-state index in [0.717, 1.165) is 19.5 Å². The number of nitrogens with zero attached hydrogens (tertiary/aromatic N) is 1. The van der Waals surface area contributed by atoms with Crippen LogP contribution in [0, 0.1) is 0 Å². The standard InChI is InChI=1S/C9H18N2/c1-3-11-6-4-9(5-7-11)8(2)10/h4,8H,3,5-7,10H2,1-2H3. The Morgan fingerprint density at radius 1 is 1.73 bits per heavy atom. The molecule has 0 amide bonds. The van der Waals surface area contributed by atoms with Crippen LogP contribution in [0.3, 0.4) is 0 Å². The first-order valence-electron chi connectivity index (χ1n) is 4.41. The average molecular weight is 154 g/mol. The third kappa shape index (κ3) is 2.31. The van der Waals surface area contributed by atoms with Crippen molar-refractivity contribution in [2.24, 2.45) is 5.73 Å². The molecule has 1 aliphatic heterocycles. The van der Waals surface area contributed by atoms with Crippen molar-refractivity contribution >= 4 is 0 Å². The quantitative estimate of drug-likeness (QED) is 0.601. The highest BCUT2D eigenvalue weighted by atomic mass is 15.1. The van der Waals surface area contributed by atoms with Crippen LogP contribution in [0.25, 0.3) is 0 Å². The minimum Gasteiger partial charge on any atom is -0.324 e. The summed E-state index contributed by atoms with van der Waals surface area (Å²) in [5.74, 6) is 0. The van der Waals surface area contributed by atoms with Gasteiger partial charge in [0, 0.05) is 19.1 Å². The predicted octanol–water partition coefficient (Wildman–Crippen LogP) is 0.986. The van der Waals surface area contributed by atoms with Crippen LogP contribution in [0.4, 0.5) is 0 Å². The first-order chi connectivity index (χ1) is 5.24. The van der Waals surface area contributed by atoms with Crippen LogP contribution in [-0.4, -0.2) is 30.6 Å². The molecule has 11 heavy (non-hydrogen) atoms. The molecule has 0 spiro atoms. The van der Waals surface area contributed by atoms with Gasteiger partial charge in [-0.1, -0.05) is 18.6 Å². The second kappa shape index (κ2) is 3.88. The normalized spacial score (nSPS) is 23.0. The molecule has 1 unspecified atom stereocenters. The highest BCUT2D eigenvalue weighted by Gasteiger charge is 2.11. The Kier molecular flexibility index (Phi) is 3.09. The van der Waals surface area contributed by atoms with Crippen molar-refractivity contribution in [1.82, 2.24) is 4.90 Å². The van der Waals surface area contributed by atoms with Crippen LogP contribution in [-0.2, 0) is 0 Å². The number of hydrogen-bond acceptors (Lipinski definition) is 2. The van der Waals surface area contributed by atoms with Crippen molar-refractivity contribution in [2.75, 3.05) is 19.6 Å². The molecule has 0 radical (unpaired) electrons. The maximum Gasteiger partial charge on any atom is 0.0225 e. The van der Waals surface area contributed by atoms with E-state index < -0.39 is 0 Å². The highest BCUT2D eigenvalue weighted by molar-refractivity contribution is 5.12. The van der Waals surface area contributed by atoms with Crippen molar-refractivity contribution in [2.45, 2.75) is 26.3 Å². The van der Waals surface area contributed by atoms with Gasteiger partial charge in [-0.3, -0.25) is 4.90 Å². The van der Waals surface area contributed by atoms with Gasteiger partial charge in [-0.15, -0.1) is 0 Å². The molecule has 0 saturated heterocycles. The maximum atomic E-state index is 5.77. The summed E-state index contributed by atoms with van der Waals surface area (Å²) in [4.78, 5) is 2.42. The lowest BCUT2D eigenvalue weighted by Gasteiger charge is -2.26. The summed E-state index contributed by atoms with van der Waals surface area (Å²) in [7, 11) is 0. The van der Waals surface area contributed by atoms with Crippen molar-refractivity contribution in [3.05, 3.63) is 11.6 Å². The van der Waals surface area contributed by atoms with Crippen LogP contribution in [0.1, 0.15) is 20.3 Å². The lowest BCUT2D eigenvalue weighted by atomic mass is 10.0. The van der Waals surface area contributed by atoms with E-state index in [1.54, 1.807) is 0 Å². The molecule has 0 aromatic carbocycles. The van der Waals surface area contributed by atoms with Crippen molar-refractivity contribution in [1.29, 1.82) is 0 Å². The molecule has 1 aliphatic rings. The molecule has 0 aromatic rings. The largest absolute Gasteiger partial charge is 0.324 e. The van der Waals surface area contributed by atoms with Gasteiger partial charge in [0.05, 0.1) is 0 Å². The van der Waals surface area contributed by atoms with Crippen molar-refractivity contribution < 1.29 is 0 Å².